The second-order valence-electron chi connectivity index (χ2n) is 8.59. The van der Waals surface area contributed by atoms with E-state index >= 15 is 0 Å². The molecule has 2 aliphatic rings. The predicted octanol–water partition coefficient (Wildman–Crippen LogP) is 2.41. The Morgan fingerprint density at radius 3 is 2.73 bits per heavy atom. The molecule has 0 radical (unpaired) electrons. The first-order valence-corrected chi connectivity index (χ1v) is 11.3. The van der Waals surface area contributed by atoms with E-state index in [1.54, 1.807) is 16.5 Å². The molecular formula is C22H28N4O3S. The number of amides is 1. The van der Waals surface area contributed by atoms with Crippen molar-refractivity contribution in [2.75, 3.05) is 6.54 Å². The smallest absolute Gasteiger partial charge is 0.331 e. The van der Waals surface area contributed by atoms with Crippen LogP contribution in [0.5, 0.6) is 0 Å². The van der Waals surface area contributed by atoms with Gasteiger partial charge in [-0.05, 0) is 81.2 Å². The molecule has 0 aliphatic heterocycles. The van der Waals surface area contributed by atoms with Crippen LogP contribution < -0.4 is 21.3 Å². The van der Waals surface area contributed by atoms with Crippen molar-refractivity contribution < 1.29 is 4.79 Å². The Balaban J connectivity index is 1.64. The number of rotatable bonds is 10. The van der Waals surface area contributed by atoms with Gasteiger partial charge in [-0.15, -0.1) is 0 Å². The number of hydrogen-bond acceptors (Lipinski definition) is 5. The molecule has 0 unspecified atom stereocenters. The summed E-state index contributed by atoms with van der Waals surface area (Å²) in [7, 11) is 0. The van der Waals surface area contributed by atoms with E-state index < -0.39 is 0 Å². The zero-order valence-corrected chi connectivity index (χ0v) is 18.1. The van der Waals surface area contributed by atoms with Crippen LogP contribution in [0.25, 0.3) is 10.9 Å². The SMILES string of the molecule is C=CC(=O)NCCCn1c(=O)c2cc(SNC3(C)CC3)ccc2n(CC2CC2)c1=O. The molecule has 7 nitrogen and oxygen atoms in total. The van der Waals surface area contributed by atoms with Gasteiger partial charge in [0.2, 0.25) is 5.91 Å². The molecule has 160 valence electrons. The van der Waals surface area contributed by atoms with Crippen LogP contribution in [-0.4, -0.2) is 27.1 Å². The summed E-state index contributed by atoms with van der Waals surface area (Å²) in [6.07, 6.45) is 6.26. The van der Waals surface area contributed by atoms with Gasteiger partial charge in [0.1, 0.15) is 0 Å². The number of aromatic nitrogens is 2. The van der Waals surface area contributed by atoms with E-state index in [0.29, 0.717) is 36.3 Å². The fraction of sp³-hybridized carbons (Fsp3) is 0.500. The number of carbonyl (C=O) groups is 1. The summed E-state index contributed by atoms with van der Waals surface area (Å²) in [5.74, 6) is 0.250. The highest BCUT2D eigenvalue weighted by molar-refractivity contribution is 7.97. The maximum atomic E-state index is 13.2. The number of benzene rings is 1. The average molecular weight is 429 g/mol. The van der Waals surface area contributed by atoms with E-state index in [1.807, 2.05) is 18.2 Å². The maximum Gasteiger partial charge on any atom is 0.331 e. The van der Waals surface area contributed by atoms with Gasteiger partial charge >= 0.3 is 5.69 Å². The quantitative estimate of drug-likeness (QED) is 0.345. The molecule has 0 bridgehead atoms. The van der Waals surface area contributed by atoms with Gasteiger partial charge in [0.15, 0.2) is 0 Å². The second-order valence-corrected chi connectivity index (χ2v) is 9.47. The first kappa shape index (κ1) is 20.9. The third-order valence-electron chi connectivity index (χ3n) is 5.79. The Labute approximate surface area is 179 Å². The maximum absolute atomic E-state index is 13.2. The highest BCUT2D eigenvalue weighted by Crippen LogP contribution is 2.37. The van der Waals surface area contributed by atoms with E-state index in [4.69, 9.17) is 0 Å². The van der Waals surface area contributed by atoms with Gasteiger partial charge in [-0.3, -0.25) is 23.4 Å². The van der Waals surface area contributed by atoms with Crippen LogP contribution in [0.3, 0.4) is 0 Å². The zero-order chi connectivity index (χ0) is 21.3. The molecule has 8 heteroatoms. The van der Waals surface area contributed by atoms with Crippen LogP contribution in [0.15, 0.2) is 45.3 Å². The highest BCUT2D eigenvalue weighted by atomic mass is 32.2. The lowest BCUT2D eigenvalue weighted by molar-refractivity contribution is -0.116. The van der Waals surface area contributed by atoms with E-state index in [0.717, 1.165) is 30.6 Å². The van der Waals surface area contributed by atoms with Crippen molar-refractivity contribution >= 4 is 28.8 Å². The minimum absolute atomic E-state index is 0.181. The summed E-state index contributed by atoms with van der Waals surface area (Å²) in [4.78, 5) is 38.6. The monoisotopic (exact) mass is 428 g/mol. The Kier molecular flexibility index (Phi) is 5.88. The number of nitrogens with zero attached hydrogens (tertiary/aromatic N) is 2. The minimum Gasteiger partial charge on any atom is -0.353 e. The van der Waals surface area contributed by atoms with E-state index in [9.17, 15) is 14.4 Å². The molecule has 4 rings (SSSR count). The highest BCUT2D eigenvalue weighted by Gasteiger charge is 2.37. The first-order chi connectivity index (χ1) is 14.4. The first-order valence-electron chi connectivity index (χ1n) is 10.5. The summed E-state index contributed by atoms with van der Waals surface area (Å²) >= 11 is 1.54. The van der Waals surface area contributed by atoms with Crippen molar-refractivity contribution in [2.24, 2.45) is 5.92 Å². The molecule has 0 spiro atoms. The summed E-state index contributed by atoms with van der Waals surface area (Å²) in [5.41, 5.74) is 0.353. The lowest BCUT2D eigenvalue weighted by atomic mass is 10.2. The molecule has 1 amide bonds. The van der Waals surface area contributed by atoms with Gasteiger partial charge in [-0.1, -0.05) is 6.58 Å². The van der Waals surface area contributed by atoms with Crippen LogP contribution in [0.2, 0.25) is 0 Å². The average Bonchev–Trinajstić information content (AvgIpc) is 3.67. The van der Waals surface area contributed by atoms with Crippen molar-refractivity contribution in [1.82, 2.24) is 19.2 Å². The zero-order valence-electron chi connectivity index (χ0n) is 17.3. The van der Waals surface area contributed by atoms with Crippen LogP contribution in [0, 0.1) is 5.92 Å². The van der Waals surface area contributed by atoms with Crippen LogP contribution in [0.1, 0.15) is 39.0 Å². The molecule has 1 aromatic carbocycles. The molecule has 2 N–H and O–H groups in total. The Morgan fingerprint density at radius 1 is 1.30 bits per heavy atom. The van der Waals surface area contributed by atoms with E-state index in [2.05, 4.69) is 23.5 Å². The van der Waals surface area contributed by atoms with Crippen molar-refractivity contribution in [1.29, 1.82) is 0 Å². The number of carbonyl (C=O) groups excluding carboxylic acids is 1. The van der Waals surface area contributed by atoms with E-state index in [-0.39, 0.29) is 29.2 Å². The fourth-order valence-corrected chi connectivity index (χ4v) is 4.27. The summed E-state index contributed by atoms with van der Waals surface area (Å²) in [6, 6.07) is 5.76. The van der Waals surface area contributed by atoms with Crippen LogP contribution in [-0.2, 0) is 17.9 Å². The molecule has 2 aliphatic carbocycles. The van der Waals surface area contributed by atoms with Gasteiger partial charge in [-0.2, -0.15) is 0 Å². The summed E-state index contributed by atoms with van der Waals surface area (Å²) < 4.78 is 6.53. The van der Waals surface area contributed by atoms with Gasteiger partial charge in [0.05, 0.1) is 10.9 Å². The number of hydrogen-bond donors (Lipinski definition) is 2. The number of nitrogens with one attached hydrogen (secondary N) is 2. The molecule has 1 heterocycles. The predicted molar refractivity (Wildman–Crippen MR) is 120 cm³/mol. The second kappa shape index (κ2) is 8.43. The van der Waals surface area contributed by atoms with Crippen molar-refractivity contribution in [2.45, 2.75) is 62.6 Å². The third-order valence-corrected chi connectivity index (χ3v) is 6.88. The standard InChI is InChI=1S/C22H28N4O3S/c1-3-19(27)23-11-4-12-25-20(28)17-13-16(30-24-22(2)9-10-22)7-8-18(17)26(21(25)29)14-15-5-6-15/h3,7-8,13,15,24H,1,4-6,9-12,14H2,2H3,(H,23,27). The van der Waals surface area contributed by atoms with Crippen molar-refractivity contribution in [3.05, 3.63) is 51.7 Å². The van der Waals surface area contributed by atoms with Gasteiger partial charge < -0.3 is 5.32 Å². The third kappa shape index (κ3) is 4.70. The fourth-order valence-electron chi connectivity index (χ4n) is 3.39. The van der Waals surface area contributed by atoms with Gasteiger partial charge in [-0.25, -0.2) is 4.79 Å². The minimum atomic E-state index is -0.267. The Hall–Kier alpha value is -2.32. The van der Waals surface area contributed by atoms with E-state index in [1.165, 1.54) is 10.6 Å². The molecule has 1 aromatic heterocycles. The topological polar surface area (TPSA) is 85.1 Å². The number of fused-ring (bicyclic) bond motifs is 1. The molecule has 2 aromatic rings. The largest absolute Gasteiger partial charge is 0.353 e. The van der Waals surface area contributed by atoms with Crippen molar-refractivity contribution in [3.8, 4) is 0 Å². The van der Waals surface area contributed by atoms with Gasteiger partial charge in [0, 0.05) is 30.1 Å². The lowest BCUT2D eigenvalue weighted by Crippen LogP contribution is -2.41. The summed E-state index contributed by atoms with van der Waals surface area (Å²) in [5, 5.41) is 3.26. The van der Waals surface area contributed by atoms with Gasteiger partial charge in [0.25, 0.3) is 5.56 Å². The summed E-state index contributed by atoms with van der Waals surface area (Å²) in [6.45, 7) is 6.90. The van der Waals surface area contributed by atoms with Crippen LogP contribution in [0.4, 0.5) is 0 Å². The molecule has 2 saturated carbocycles. The molecule has 30 heavy (non-hydrogen) atoms. The molecular weight excluding hydrogens is 400 g/mol. The van der Waals surface area contributed by atoms with Crippen molar-refractivity contribution in [3.63, 3.8) is 0 Å². The molecule has 2 fully saturated rings. The van der Waals surface area contributed by atoms with Crippen LogP contribution >= 0.6 is 11.9 Å². The normalized spacial score (nSPS) is 17.1. The Bertz CT molecular complexity index is 1100. The molecule has 0 atom stereocenters. The molecule has 0 saturated heterocycles. The lowest BCUT2D eigenvalue weighted by Gasteiger charge is -2.15. The Morgan fingerprint density at radius 2 is 2.07 bits per heavy atom.